The normalized spacial score (nSPS) is 20.9. The molecule has 1 aliphatic heterocycles. The second-order valence-electron chi connectivity index (χ2n) is 5.79. The first-order chi connectivity index (χ1) is 10.1. The van der Waals surface area contributed by atoms with Crippen molar-refractivity contribution in [2.75, 3.05) is 19.7 Å². The summed E-state index contributed by atoms with van der Waals surface area (Å²) >= 11 is 0. The van der Waals surface area contributed by atoms with Crippen LogP contribution < -0.4 is 5.73 Å². The topological polar surface area (TPSA) is 55.6 Å². The SMILES string of the molecule is CCOC(C(=O)N1CCCC(C(C)N)C1)c1ccccc1.Cl. The van der Waals surface area contributed by atoms with E-state index in [2.05, 4.69) is 0 Å². The number of halogens is 1. The number of likely N-dealkylation sites (tertiary alicyclic amines) is 1. The molecule has 0 spiro atoms. The fraction of sp³-hybridized carbons (Fsp3) is 0.588. The smallest absolute Gasteiger partial charge is 0.256 e. The Bertz CT molecular complexity index is 453. The van der Waals surface area contributed by atoms with Gasteiger partial charge in [-0.25, -0.2) is 0 Å². The molecule has 3 atom stereocenters. The van der Waals surface area contributed by atoms with Crippen LogP contribution in [0.25, 0.3) is 0 Å². The number of carbonyl (C=O) groups excluding carboxylic acids is 1. The van der Waals surface area contributed by atoms with Crippen LogP contribution in [-0.2, 0) is 9.53 Å². The summed E-state index contributed by atoms with van der Waals surface area (Å²) in [5.41, 5.74) is 6.93. The maximum Gasteiger partial charge on any atom is 0.256 e. The van der Waals surface area contributed by atoms with Crippen molar-refractivity contribution in [2.24, 2.45) is 11.7 Å². The minimum Gasteiger partial charge on any atom is -0.364 e. The highest BCUT2D eigenvalue weighted by Gasteiger charge is 2.31. The van der Waals surface area contributed by atoms with E-state index >= 15 is 0 Å². The van der Waals surface area contributed by atoms with Crippen LogP contribution in [-0.4, -0.2) is 36.5 Å². The summed E-state index contributed by atoms with van der Waals surface area (Å²) < 4.78 is 5.72. The number of amides is 1. The molecule has 1 fully saturated rings. The molecule has 5 heteroatoms. The zero-order chi connectivity index (χ0) is 15.2. The Morgan fingerprint density at radius 3 is 2.68 bits per heavy atom. The van der Waals surface area contributed by atoms with Gasteiger partial charge in [0.1, 0.15) is 0 Å². The maximum absolute atomic E-state index is 12.8. The largest absolute Gasteiger partial charge is 0.364 e. The van der Waals surface area contributed by atoms with E-state index in [1.807, 2.05) is 49.1 Å². The van der Waals surface area contributed by atoms with E-state index in [9.17, 15) is 4.79 Å². The standard InChI is InChI=1S/C17H26N2O2.ClH/c1-3-21-16(14-8-5-4-6-9-14)17(20)19-11-7-10-15(12-19)13(2)18;/h4-6,8-9,13,15-16H,3,7,10-12,18H2,1-2H3;1H. The van der Waals surface area contributed by atoms with Gasteiger partial charge in [0.25, 0.3) is 5.91 Å². The van der Waals surface area contributed by atoms with Gasteiger partial charge in [0.15, 0.2) is 6.10 Å². The van der Waals surface area contributed by atoms with Crippen LogP contribution in [0.5, 0.6) is 0 Å². The second-order valence-corrected chi connectivity index (χ2v) is 5.79. The Balaban J connectivity index is 0.00000242. The van der Waals surface area contributed by atoms with Gasteiger partial charge in [0, 0.05) is 25.7 Å². The third-order valence-electron chi connectivity index (χ3n) is 4.17. The molecule has 0 radical (unpaired) electrons. The van der Waals surface area contributed by atoms with Gasteiger partial charge in [-0.2, -0.15) is 0 Å². The molecule has 1 aliphatic rings. The highest BCUT2D eigenvalue weighted by molar-refractivity contribution is 5.85. The lowest BCUT2D eigenvalue weighted by atomic mass is 9.91. The predicted molar refractivity (Wildman–Crippen MR) is 91.0 cm³/mol. The first-order valence-corrected chi connectivity index (χ1v) is 7.84. The van der Waals surface area contributed by atoms with Crippen LogP contribution in [0.1, 0.15) is 38.4 Å². The molecule has 4 nitrogen and oxygen atoms in total. The molecule has 1 aromatic rings. The number of nitrogens with zero attached hydrogens (tertiary/aromatic N) is 1. The molecule has 1 aromatic carbocycles. The third kappa shape index (κ3) is 4.70. The van der Waals surface area contributed by atoms with Gasteiger partial charge in [0.2, 0.25) is 0 Å². The summed E-state index contributed by atoms with van der Waals surface area (Å²) in [5, 5.41) is 0. The van der Waals surface area contributed by atoms with Crippen molar-refractivity contribution >= 4 is 18.3 Å². The molecular formula is C17H27ClN2O2. The second kappa shape index (κ2) is 9.13. The molecule has 0 aliphatic carbocycles. The molecule has 2 rings (SSSR count). The van der Waals surface area contributed by atoms with Gasteiger partial charge < -0.3 is 15.4 Å². The van der Waals surface area contributed by atoms with Crippen LogP contribution in [0, 0.1) is 5.92 Å². The Labute approximate surface area is 139 Å². The fourth-order valence-corrected chi connectivity index (χ4v) is 2.91. The van der Waals surface area contributed by atoms with Crippen molar-refractivity contribution in [3.8, 4) is 0 Å². The molecule has 0 saturated carbocycles. The number of ether oxygens (including phenoxy) is 1. The summed E-state index contributed by atoms with van der Waals surface area (Å²) in [6.07, 6.45) is 1.63. The first kappa shape index (κ1) is 18.9. The highest BCUT2D eigenvalue weighted by atomic mass is 35.5. The Morgan fingerprint density at radius 2 is 2.09 bits per heavy atom. The van der Waals surface area contributed by atoms with Gasteiger partial charge >= 0.3 is 0 Å². The Kier molecular flexibility index (Phi) is 7.87. The van der Waals surface area contributed by atoms with Crippen LogP contribution in [0.2, 0.25) is 0 Å². The predicted octanol–water partition coefficient (Wildman–Crippen LogP) is 2.77. The number of carbonyl (C=O) groups is 1. The minimum absolute atomic E-state index is 0. The van der Waals surface area contributed by atoms with Crippen molar-refractivity contribution in [1.29, 1.82) is 0 Å². The van der Waals surface area contributed by atoms with E-state index in [0.717, 1.165) is 31.5 Å². The van der Waals surface area contributed by atoms with Gasteiger partial charge in [-0.1, -0.05) is 30.3 Å². The lowest BCUT2D eigenvalue weighted by Gasteiger charge is -2.36. The average molecular weight is 327 g/mol. The third-order valence-corrected chi connectivity index (χ3v) is 4.17. The van der Waals surface area contributed by atoms with Crippen LogP contribution in [0.15, 0.2) is 30.3 Å². The summed E-state index contributed by atoms with van der Waals surface area (Å²) in [6.45, 7) is 6.02. The number of benzene rings is 1. The molecule has 1 heterocycles. The maximum atomic E-state index is 12.8. The molecule has 0 aromatic heterocycles. The first-order valence-electron chi connectivity index (χ1n) is 7.84. The molecule has 22 heavy (non-hydrogen) atoms. The summed E-state index contributed by atoms with van der Waals surface area (Å²) in [5.74, 6) is 0.453. The highest BCUT2D eigenvalue weighted by Crippen LogP contribution is 2.25. The lowest BCUT2D eigenvalue weighted by molar-refractivity contribution is -0.146. The van der Waals surface area contributed by atoms with Crippen LogP contribution >= 0.6 is 12.4 Å². The zero-order valence-corrected chi connectivity index (χ0v) is 14.2. The van der Waals surface area contributed by atoms with E-state index < -0.39 is 6.10 Å². The van der Waals surface area contributed by atoms with Crippen LogP contribution in [0.3, 0.4) is 0 Å². The van der Waals surface area contributed by atoms with Gasteiger partial charge in [-0.15, -0.1) is 12.4 Å². The average Bonchev–Trinajstić information content (AvgIpc) is 2.53. The van der Waals surface area contributed by atoms with E-state index in [1.54, 1.807) is 0 Å². The van der Waals surface area contributed by atoms with Gasteiger partial charge in [-0.05, 0) is 38.2 Å². The molecule has 2 N–H and O–H groups in total. The summed E-state index contributed by atoms with van der Waals surface area (Å²) in [6, 6.07) is 9.86. The fourth-order valence-electron chi connectivity index (χ4n) is 2.91. The summed E-state index contributed by atoms with van der Waals surface area (Å²) in [4.78, 5) is 14.7. The number of hydrogen-bond acceptors (Lipinski definition) is 3. The van der Waals surface area contributed by atoms with Crippen molar-refractivity contribution in [1.82, 2.24) is 4.90 Å². The van der Waals surface area contributed by atoms with E-state index in [1.165, 1.54) is 0 Å². The monoisotopic (exact) mass is 326 g/mol. The van der Waals surface area contributed by atoms with E-state index in [-0.39, 0.29) is 24.4 Å². The Hall–Kier alpha value is -1.10. The zero-order valence-electron chi connectivity index (χ0n) is 13.4. The van der Waals surface area contributed by atoms with Crippen molar-refractivity contribution in [2.45, 2.75) is 38.8 Å². The number of rotatable bonds is 5. The molecule has 3 unspecified atom stereocenters. The number of nitrogens with two attached hydrogens (primary N) is 1. The van der Waals surface area contributed by atoms with Crippen molar-refractivity contribution in [3.05, 3.63) is 35.9 Å². The number of hydrogen-bond donors (Lipinski definition) is 1. The minimum atomic E-state index is -0.497. The Morgan fingerprint density at radius 1 is 1.41 bits per heavy atom. The van der Waals surface area contributed by atoms with Gasteiger partial charge in [-0.3, -0.25) is 4.79 Å². The quantitative estimate of drug-likeness (QED) is 0.905. The molecular weight excluding hydrogens is 300 g/mol. The van der Waals surface area contributed by atoms with E-state index in [4.69, 9.17) is 10.5 Å². The van der Waals surface area contributed by atoms with Crippen molar-refractivity contribution in [3.63, 3.8) is 0 Å². The lowest BCUT2D eigenvalue weighted by Crippen LogP contribution is -2.46. The molecule has 1 saturated heterocycles. The molecule has 124 valence electrons. The molecule has 1 amide bonds. The van der Waals surface area contributed by atoms with Crippen LogP contribution in [0.4, 0.5) is 0 Å². The van der Waals surface area contributed by atoms with Gasteiger partial charge in [0.05, 0.1) is 0 Å². The number of piperidine rings is 1. The summed E-state index contributed by atoms with van der Waals surface area (Å²) in [7, 11) is 0. The van der Waals surface area contributed by atoms with E-state index in [0.29, 0.717) is 12.5 Å². The molecule has 0 bridgehead atoms. The van der Waals surface area contributed by atoms with Crippen molar-refractivity contribution < 1.29 is 9.53 Å².